The molecule has 3 heteroatoms. The van der Waals surface area contributed by atoms with Crippen molar-refractivity contribution < 1.29 is 14.4 Å². The average molecular weight is 540 g/mol. The van der Waals surface area contributed by atoms with Gasteiger partial charge in [0.05, 0.1) is 26.2 Å². The van der Waals surface area contributed by atoms with E-state index in [1.807, 2.05) is 0 Å². The molecule has 0 rings (SSSR count). The van der Waals surface area contributed by atoms with Crippen molar-refractivity contribution in [3.8, 4) is 0 Å². The van der Waals surface area contributed by atoms with E-state index in [-0.39, 0.29) is 6.42 Å². The van der Waals surface area contributed by atoms with E-state index in [0.717, 1.165) is 0 Å². The van der Waals surface area contributed by atoms with E-state index in [1.54, 1.807) is 0 Å². The maximum Gasteiger partial charge on any atom is 0.0786 e. The van der Waals surface area contributed by atoms with Crippen LogP contribution in [0.5, 0.6) is 0 Å². The summed E-state index contributed by atoms with van der Waals surface area (Å²) in [4.78, 5) is 9.26. The molecule has 0 N–H and O–H groups in total. The van der Waals surface area contributed by atoms with Crippen molar-refractivity contribution in [1.29, 1.82) is 0 Å². The molecule has 3 nitrogen and oxygen atoms in total. The van der Waals surface area contributed by atoms with Crippen LogP contribution >= 0.6 is 0 Å². The summed E-state index contributed by atoms with van der Waals surface area (Å²) in [5.41, 5.74) is 0. The second kappa shape index (κ2) is 32.6. The molecule has 0 aromatic carbocycles. The molecule has 0 saturated heterocycles. The zero-order chi connectivity index (χ0) is 28.6. The minimum atomic E-state index is -0.995. The number of carbonyl (C=O) groups excluding carboxylic acids is 1. The number of unbranched alkanes of at least 4 members (excludes halogenated alkanes) is 20. The first-order valence-corrected chi connectivity index (χ1v) is 17.6. The predicted molar refractivity (Wildman–Crippen MR) is 169 cm³/mol. The maximum atomic E-state index is 9.26. The van der Waals surface area contributed by atoms with Gasteiger partial charge < -0.3 is 14.4 Å². The van der Waals surface area contributed by atoms with Crippen molar-refractivity contribution in [1.82, 2.24) is 0 Å². The number of hydrogen-bond donors (Lipinski definition) is 0. The van der Waals surface area contributed by atoms with Crippen molar-refractivity contribution in [3.05, 3.63) is 0 Å². The molecular weight excluding hydrogens is 466 g/mol. The Morgan fingerprint density at radius 1 is 0.395 bits per heavy atom. The topological polar surface area (TPSA) is 40.1 Å². The Hall–Kier alpha value is -0.570. The zero-order valence-electron chi connectivity index (χ0n) is 27.3. The average Bonchev–Trinajstić information content (AvgIpc) is 2.92. The Balaban J connectivity index is 0. The Morgan fingerprint density at radius 3 is 0.763 bits per heavy atom. The Morgan fingerprint density at radius 2 is 0.579 bits per heavy atom. The highest BCUT2D eigenvalue weighted by Crippen LogP contribution is 2.20. The Bertz CT molecular complexity index is 382. The molecule has 0 aromatic rings. The normalized spacial score (nSPS) is 11.4. The van der Waals surface area contributed by atoms with E-state index >= 15 is 0 Å². The Labute approximate surface area is 241 Å². The molecule has 230 valence electrons. The van der Waals surface area contributed by atoms with Crippen molar-refractivity contribution in [2.45, 2.75) is 195 Å². The van der Waals surface area contributed by atoms with Gasteiger partial charge in [0, 0.05) is 5.97 Å². The maximum absolute atomic E-state index is 9.26. The Kier molecular flexibility index (Phi) is 34.0. The third kappa shape index (κ3) is 30.0. The minimum absolute atomic E-state index is 0.111. The van der Waals surface area contributed by atoms with Crippen molar-refractivity contribution in [2.24, 2.45) is 0 Å². The van der Waals surface area contributed by atoms with Gasteiger partial charge in [-0.3, -0.25) is 0 Å². The van der Waals surface area contributed by atoms with Gasteiger partial charge in [-0.05, 0) is 57.8 Å². The van der Waals surface area contributed by atoms with Crippen molar-refractivity contribution >= 4 is 5.97 Å². The summed E-state index contributed by atoms with van der Waals surface area (Å²) in [5, 5.41) is 9.26. The molecule has 0 bridgehead atoms. The highest BCUT2D eigenvalue weighted by Gasteiger charge is 2.25. The largest absolute Gasteiger partial charge is 0.550 e. The van der Waals surface area contributed by atoms with Gasteiger partial charge in [-0.25, -0.2) is 0 Å². The van der Waals surface area contributed by atoms with E-state index in [2.05, 4.69) is 27.7 Å². The fourth-order valence-corrected chi connectivity index (χ4v) is 5.58. The second-order valence-corrected chi connectivity index (χ2v) is 12.0. The monoisotopic (exact) mass is 540 g/mol. The molecule has 0 spiro atoms. The van der Waals surface area contributed by atoms with E-state index in [1.165, 1.54) is 192 Å². The van der Waals surface area contributed by atoms with Crippen LogP contribution in [0.2, 0.25) is 0 Å². The van der Waals surface area contributed by atoms with Crippen LogP contribution in [-0.2, 0) is 4.79 Å². The molecule has 0 heterocycles. The number of aliphatic carboxylic acids is 1. The van der Waals surface area contributed by atoms with Crippen LogP contribution in [0, 0.1) is 0 Å². The van der Waals surface area contributed by atoms with E-state index < -0.39 is 5.97 Å². The van der Waals surface area contributed by atoms with Crippen molar-refractivity contribution in [3.63, 3.8) is 0 Å². The second-order valence-electron chi connectivity index (χ2n) is 12.0. The third-order valence-corrected chi connectivity index (χ3v) is 8.23. The highest BCUT2D eigenvalue weighted by atomic mass is 16.4. The molecule has 0 fully saturated rings. The molecule has 0 amide bonds. The minimum Gasteiger partial charge on any atom is -0.550 e. The van der Waals surface area contributed by atoms with E-state index in [0.29, 0.717) is 0 Å². The highest BCUT2D eigenvalue weighted by molar-refractivity contribution is 5.63. The first kappa shape index (κ1) is 39.6. The molecule has 0 aromatic heterocycles. The van der Waals surface area contributed by atoms with Gasteiger partial charge >= 0.3 is 0 Å². The number of nitrogens with zero attached hydrogens (tertiary/aromatic N) is 1. The van der Waals surface area contributed by atoms with Gasteiger partial charge in [-0.1, -0.05) is 137 Å². The fraction of sp³-hybridized carbons (Fsp3) is 0.971. The molecular formula is C35H73NO2. The van der Waals surface area contributed by atoms with Gasteiger partial charge in [-0.15, -0.1) is 0 Å². The molecule has 0 aliphatic rings. The number of rotatable bonds is 29. The van der Waals surface area contributed by atoms with Crippen molar-refractivity contribution in [2.75, 3.05) is 26.2 Å². The molecule has 0 aliphatic heterocycles. The number of carboxylic acid groups (broad SMARTS) is 1. The van der Waals surface area contributed by atoms with Crippen LogP contribution in [0.25, 0.3) is 0 Å². The third-order valence-electron chi connectivity index (χ3n) is 8.23. The molecule has 0 radical (unpaired) electrons. The summed E-state index contributed by atoms with van der Waals surface area (Å²) in [6, 6.07) is 0. The lowest BCUT2D eigenvalue weighted by atomic mass is 10.0. The molecule has 0 saturated carbocycles. The zero-order valence-corrected chi connectivity index (χ0v) is 27.3. The summed E-state index contributed by atoms with van der Waals surface area (Å²) < 4.78 is 1.48. The van der Waals surface area contributed by atoms with E-state index in [4.69, 9.17) is 0 Å². The summed E-state index contributed by atoms with van der Waals surface area (Å²) in [5.74, 6) is -0.995. The van der Waals surface area contributed by atoms with Crippen LogP contribution in [0.3, 0.4) is 0 Å². The van der Waals surface area contributed by atoms with Gasteiger partial charge in [-0.2, -0.15) is 0 Å². The first-order chi connectivity index (χ1) is 18.5. The van der Waals surface area contributed by atoms with E-state index in [9.17, 15) is 9.90 Å². The predicted octanol–water partition coefficient (Wildman–Crippen LogP) is 10.4. The van der Waals surface area contributed by atoms with Gasteiger partial charge in [0.2, 0.25) is 0 Å². The SMILES string of the molecule is CCC(=O)[O-].CCCCCCCC[N+](CCCCCCCC)(CCCCCCCC)CCCCCCCC. The van der Waals surface area contributed by atoms with Gasteiger partial charge in [0.25, 0.3) is 0 Å². The number of hydrogen-bond acceptors (Lipinski definition) is 2. The first-order valence-electron chi connectivity index (χ1n) is 17.6. The lowest BCUT2D eigenvalue weighted by Gasteiger charge is -2.40. The smallest absolute Gasteiger partial charge is 0.0786 e. The quantitative estimate of drug-likeness (QED) is 0.0700. The molecule has 0 unspecified atom stereocenters. The molecule has 38 heavy (non-hydrogen) atoms. The lowest BCUT2D eigenvalue weighted by molar-refractivity contribution is -0.929. The van der Waals surface area contributed by atoms with Gasteiger partial charge in [0.15, 0.2) is 0 Å². The van der Waals surface area contributed by atoms with Crippen LogP contribution < -0.4 is 5.11 Å². The van der Waals surface area contributed by atoms with Crippen LogP contribution in [0.4, 0.5) is 0 Å². The number of carbonyl (C=O) groups is 1. The fourth-order valence-electron chi connectivity index (χ4n) is 5.58. The lowest BCUT2D eigenvalue weighted by Crippen LogP contribution is -2.50. The number of carboxylic acids is 1. The summed E-state index contributed by atoms with van der Waals surface area (Å²) >= 11 is 0. The van der Waals surface area contributed by atoms with Crippen LogP contribution in [-0.4, -0.2) is 36.6 Å². The summed E-state index contributed by atoms with van der Waals surface area (Å²) in [6.45, 7) is 16.8. The number of quaternary nitrogens is 1. The van der Waals surface area contributed by atoms with Crippen LogP contribution in [0.1, 0.15) is 195 Å². The van der Waals surface area contributed by atoms with Gasteiger partial charge in [0.1, 0.15) is 0 Å². The standard InChI is InChI=1S/C32H68N.C3H6O2/c1-5-9-13-17-21-25-29-33(30-26-22-18-14-10-6-2,31-27-23-19-15-11-7-3)32-28-24-20-16-12-8-4;1-2-3(4)5/h5-32H2,1-4H3;2H2,1H3,(H,4,5)/q+1;/p-1. The van der Waals surface area contributed by atoms with Crippen LogP contribution in [0.15, 0.2) is 0 Å². The summed E-state index contributed by atoms with van der Waals surface area (Å²) in [6.07, 6.45) is 34.9. The molecule has 0 atom stereocenters. The summed E-state index contributed by atoms with van der Waals surface area (Å²) in [7, 11) is 0. The molecule has 0 aliphatic carbocycles.